The Labute approximate surface area is 134 Å². The number of hydrogen-bond donors (Lipinski definition) is 1. The van der Waals surface area contributed by atoms with E-state index in [-0.39, 0.29) is 28.9 Å². The predicted octanol–water partition coefficient (Wildman–Crippen LogP) is 2.16. The predicted molar refractivity (Wildman–Crippen MR) is 87.0 cm³/mol. The molecule has 2 amide bonds. The van der Waals surface area contributed by atoms with Gasteiger partial charge in [-0.2, -0.15) is 0 Å². The van der Waals surface area contributed by atoms with Crippen molar-refractivity contribution >= 4 is 32.3 Å². The first kappa shape index (κ1) is 15.7. The zero-order valence-corrected chi connectivity index (χ0v) is 14.6. The van der Waals surface area contributed by atoms with Gasteiger partial charge in [-0.05, 0) is 11.8 Å². The van der Waals surface area contributed by atoms with E-state index in [2.05, 4.69) is 24.1 Å². The van der Waals surface area contributed by atoms with Gasteiger partial charge in [0.2, 0.25) is 0 Å². The van der Waals surface area contributed by atoms with E-state index in [1.807, 2.05) is 12.3 Å². The summed E-state index contributed by atoms with van der Waals surface area (Å²) < 4.78 is 23.5. The number of amides is 2. The molecule has 8 heteroatoms. The summed E-state index contributed by atoms with van der Waals surface area (Å²) >= 11 is 1.42. The van der Waals surface area contributed by atoms with Crippen molar-refractivity contribution in [2.45, 2.75) is 26.7 Å². The van der Waals surface area contributed by atoms with Gasteiger partial charge in [-0.3, -0.25) is 5.32 Å². The number of anilines is 1. The second-order valence-corrected chi connectivity index (χ2v) is 9.92. The van der Waals surface area contributed by atoms with Crippen LogP contribution in [0, 0.1) is 11.3 Å². The first-order valence-electron chi connectivity index (χ1n) is 7.40. The highest BCUT2D eigenvalue weighted by molar-refractivity contribution is 7.91. The van der Waals surface area contributed by atoms with Crippen molar-refractivity contribution in [1.29, 1.82) is 0 Å². The molecule has 0 unspecified atom stereocenters. The van der Waals surface area contributed by atoms with Crippen LogP contribution in [0.4, 0.5) is 9.93 Å². The van der Waals surface area contributed by atoms with Gasteiger partial charge in [-0.1, -0.05) is 20.8 Å². The normalized spacial score (nSPS) is 29.8. The van der Waals surface area contributed by atoms with Gasteiger partial charge < -0.3 is 4.90 Å². The second-order valence-electron chi connectivity index (χ2n) is 6.95. The van der Waals surface area contributed by atoms with Crippen molar-refractivity contribution in [2.24, 2.45) is 11.3 Å². The number of thiazole rings is 1. The molecule has 2 fully saturated rings. The zero-order chi connectivity index (χ0) is 16.1. The molecular weight excluding hydrogens is 322 g/mol. The molecule has 3 rings (SSSR count). The lowest BCUT2D eigenvalue weighted by Gasteiger charge is -2.21. The zero-order valence-electron chi connectivity index (χ0n) is 13.0. The maximum Gasteiger partial charge on any atom is 0.323 e. The summed E-state index contributed by atoms with van der Waals surface area (Å²) in [4.78, 5) is 18.5. The van der Waals surface area contributed by atoms with Gasteiger partial charge in [0.15, 0.2) is 15.0 Å². The van der Waals surface area contributed by atoms with Crippen molar-refractivity contribution in [1.82, 2.24) is 9.88 Å². The minimum absolute atomic E-state index is 0.0470. The van der Waals surface area contributed by atoms with Crippen molar-refractivity contribution in [3.63, 3.8) is 0 Å². The number of fused-ring (bicyclic) bond motifs is 1. The number of likely N-dealkylation sites (tertiary alicyclic amines) is 1. The Morgan fingerprint density at radius 2 is 2.27 bits per heavy atom. The summed E-state index contributed by atoms with van der Waals surface area (Å²) in [5.41, 5.74) is 0.666. The molecule has 3 heterocycles. The monoisotopic (exact) mass is 343 g/mol. The van der Waals surface area contributed by atoms with E-state index < -0.39 is 9.84 Å². The van der Waals surface area contributed by atoms with Crippen LogP contribution in [0.2, 0.25) is 0 Å². The standard InChI is InChI=1S/C14H21N3O3S2/c1-9(2)11-5-21-12(15-11)16-13(18)17-4-10-6-22(19,20)8-14(10,3)7-17/h5,9-10H,4,6-8H2,1-3H3,(H,15,16,18)/t10-,14+/m1/s1. The number of sulfone groups is 1. The Morgan fingerprint density at radius 1 is 1.55 bits per heavy atom. The fourth-order valence-electron chi connectivity index (χ4n) is 3.34. The van der Waals surface area contributed by atoms with Gasteiger partial charge >= 0.3 is 6.03 Å². The number of hydrogen-bond acceptors (Lipinski definition) is 5. The maximum absolute atomic E-state index is 12.4. The Morgan fingerprint density at radius 3 is 2.86 bits per heavy atom. The minimum atomic E-state index is -2.95. The Balaban J connectivity index is 1.65. The molecular formula is C14H21N3O3S2. The third-order valence-electron chi connectivity index (χ3n) is 4.60. The van der Waals surface area contributed by atoms with E-state index in [0.717, 1.165) is 5.69 Å². The molecule has 2 saturated heterocycles. The molecule has 0 aliphatic carbocycles. The molecule has 0 saturated carbocycles. The molecule has 22 heavy (non-hydrogen) atoms. The van der Waals surface area contributed by atoms with E-state index in [0.29, 0.717) is 24.1 Å². The lowest BCUT2D eigenvalue weighted by molar-refractivity contribution is 0.217. The van der Waals surface area contributed by atoms with Gasteiger partial charge in [0.05, 0.1) is 17.2 Å². The van der Waals surface area contributed by atoms with Crippen molar-refractivity contribution in [2.75, 3.05) is 29.9 Å². The summed E-state index contributed by atoms with van der Waals surface area (Å²) in [6, 6.07) is -0.183. The number of nitrogens with one attached hydrogen (secondary N) is 1. The topological polar surface area (TPSA) is 79.4 Å². The number of nitrogens with zero attached hydrogens (tertiary/aromatic N) is 2. The third-order valence-corrected chi connectivity index (χ3v) is 7.38. The molecule has 0 bridgehead atoms. The second kappa shape index (κ2) is 5.19. The smallest absolute Gasteiger partial charge is 0.323 e. The minimum Gasteiger partial charge on any atom is -0.324 e. The van der Waals surface area contributed by atoms with Crippen LogP contribution in [0.15, 0.2) is 5.38 Å². The van der Waals surface area contributed by atoms with Crippen molar-refractivity contribution in [3.05, 3.63) is 11.1 Å². The number of aromatic nitrogens is 1. The highest BCUT2D eigenvalue weighted by atomic mass is 32.2. The van der Waals surface area contributed by atoms with Gasteiger partial charge in [-0.15, -0.1) is 11.3 Å². The molecule has 2 aliphatic rings. The molecule has 1 aromatic heterocycles. The SMILES string of the molecule is CC(C)c1csc(NC(=O)N2C[C@@H]3CS(=O)(=O)C[C@]3(C)C2)n1. The van der Waals surface area contributed by atoms with Crippen molar-refractivity contribution < 1.29 is 13.2 Å². The average Bonchev–Trinajstić information content (AvgIpc) is 2.99. The summed E-state index contributed by atoms with van der Waals surface area (Å²) in [7, 11) is -2.95. The molecule has 2 aliphatic heterocycles. The summed E-state index contributed by atoms with van der Waals surface area (Å²) in [6.45, 7) is 7.08. The molecule has 1 aromatic rings. The van der Waals surface area contributed by atoms with Crippen LogP contribution >= 0.6 is 11.3 Å². The first-order chi connectivity index (χ1) is 10.2. The van der Waals surface area contributed by atoms with Crippen LogP contribution in [0.3, 0.4) is 0 Å². The molecule has 2 atom stereocenters. The molecule has 1 N–H and O–H groups in total. The molecule has 122 valence electrons. The molecule has 0 aromatic carbocycles. The lowest BCUT2D eigenvalue weighted by atomic mass is 9.84. The largest absolute Gasteiger partial charge is 0.324 e. The Bertz CT molecular complexity index is 698. The average molecular weight is 343 g/mol. The van der Waals surface area contributed by atoms with Crippen LogP contribution in [-0.4, -0.2) is 48.9 Å². The van der Waals surface area contributed by atoms with Gasteiger partial charge in [0.25, 0.3) is 0 Å². The molecule has 0 radical (unpaired) electrons. The van der Waals surface area contributed by atoms with Crippen LogP contribution in [0.25, 0.3) is 0 Å². The van der Waals surface area contributed by atoms with E-state index in [4.69, 9.17) is 0 Å². The third kappa shape index (κ3) is 2.86. The van der Waals surface area contributed by atoms with E-state index in [1.54, 1.807) is 4.90 Å². The quantitative estimate of drug-likeness (QED) is 0.892. The van der Waals surface area contributed by atoms with Crippen molar-refractivity contribution in [3.8, 4) is 0 Å². The Kier molecular flexibility index (Phi) is 3.71. The Hall–Kier alpha value is -1.15. The van der Waals surface area contributed by atoms with Crippen LogP contribution < -0.4 is 5.32 Å². The number of rotatable bonds is 2. The molecule has 6 nitrogen and oxygen atoms in total. The van der Waals surface area contributed by atoms with E-state index >= 15 is 0 Å². The van der Waals surface area contributed by atoms with Gasteiger partial charge in [-0.25, -0.2) is 18.2 Å². The molecule has 0 spiro atoms. The van der Waals surface area contributed by atoms with Crippen LogP contribution in [0.5, 0.6) is 0 Å². The maximum atomic E-state index is 12.4. The van der Waals surface area contributed by atoms with E-state index in [1.165, 1.54) is 11.3 Å². The summed E-state index contributed by atoms with van der Waals surface area (Å²) in [5, 5.41) is 5.38. The van der Waals surface area contributed by atoms with Crippen LogP contribution in [0.1, 0.15) is 32.4 Å². The number of urea groups is 1. The van der Waals surface area contributed by atoms with Gasteiger partial charge in [0, 0.05) is 23.9 Å². The summed E-state index contributed by atoms with van der Waals surface area (Å²) in [6.07, 6.45) is 0. The fraction of sp³-hybridized carbons (Fsp3) is 0.714. The number of carbonyl (C=O) groups is 1. The summed E-state index contributed by atoms with van der Waals surface area (Å²) in [5.74, 6) is 0.758. The number of carbonyl (C=O) groups excluding carboxylic acids is 1. The lowest BCUT2D eigenvalue weighted by Crippen LogP contribution is -2.36. The fourth-order valence-corrected chi connectivity index (χ4v) is 6.77. The first-order valence-corrected chi connectivity index (χ1v) is 10.1. The van der Waals surface area contributed by atoms with Crippen LogP contribution in [-0.2, 0) is 9.84 Å². The highest BCUT2D eigenvalue weighted by Gasteiger charge is 2.53. The van der Waals surface area contributed by atoms with E-state index in [9.17, 15) is 13.2 Å². The van der Waals surface area contributed by atoms with Gasteiger partial charge in [0.1, 0.15) is 0 Å². The highest BCUT2D eigenvalue weighted by Crippen LogP contribution is 2.43.